The predicted molar refractivity (Wildman–Crippen MR) is 83.4 cm³/mol. The molecule has 1 amide bonds. The molecule has 0 radical (unpaired) electrons. The number of carbonyl (C=O) groups excluding carboxylic acids is 1. The molecule has 5 heteroatoms. The fraction of sp³-hybridized carbons (Fsp3) is 0.533. The van der Waals surface area contributed by atoms with E-state index in [1.165, 1.54) is 5.56 Å². The van der Waals surface area contributed by atoms with Crippen molar-refractivity contribution in [2.45, 2.75) is 19.4 Å². The van der Waals surface area contributed by atoms with Crippen molar-refractivity contribution in [3.63, 3.8) is 0 Å². The van der Waals surface area contributed by atoms with Gasteiger partial charge in [-0.1, -0.05) is 12.1 Å². The van der Waals surface area contributed by atoms with Gasteiger partial charge < -0.3 is 15.4 Å². The maximum Gasteiger partial charge on any atom is 0.221 e. The summed E-state index contributed by atoms with van der Waals surface area (Å²) in [5, 5.41) is 6.26. The van der Waals surface area contributed by atoms with Crippen LogP contribution in [0.1, 0.15) is 12.0 Å². The van der Waals surface area contributed by atoms with Crippen LogP contribution in [0.15, 0.2) is 24.3 Å². The summed E-state index contributed by atoms with van der Waals surface area (Å²) < 4.78 is 5.59. The van der Waals surface area contributed by atoms with Crippen molar-refractivity contribution in [3.05, 3.63) is 29.8 Å². The number of nitrogens with one attached hydrogen (secondary N) is 2. The monoisotopic (exact) mass is 294 g/mol. The zero-order valence-electron chi connectivity index (χ0n) is 11.9. The fourth-order valence-corrected chi connectivity index (χ4v) is 3.06. The van der Waals surface area contributed by atoms with E-state index in [9.17, 15) is 4.79 Å². The lowest BCUT2D eigenvalue weighted by Crippen LogP contribution is -2.41. The van der Waals surface area contributed by atoms with Crippen LogP contribution in [-0.4, -0.2) is 43.2 Å². The first-order chi connectivity index (χ1) is 9.74. The molecule has 20 heavy (non-hydrogen) atoms. The van der Waals surface area contributed by atoms with Crippen LogP contribution < -0.4 is 15.4 Å². The lowest BCUT2D eigenvalue weighted by atomic mass is 10.2. The van der Waals surface area contributed by atoms with Crippen LogP contribution in [0, 0.1) is 6.92 Å². The quantitative estimate of drug-likeness (QED) is 0.782. The second-order valence-corrected chi connectivity index (χ2v) is 6.09. The molecule has 1 atom stereocenters. The van der Waals surface area contributed by atoms with E-state index < -0.39 is 0 Å². The van der Waals surface area contributed by atoms with Gasteiger partial charge in [-0.05, 0) is 24.6 Å². The average molecular weight is 294 g/mol. The number of amides is 1. The van der Waals surface area contributed by atoms with Crippen molar-refractivity contribution in [1.29, 1.82) is 0 Å². The maximum absolute atomic E-state index is 11.8. The van der Waals surface area contributed by atoms with E-state index in [1.54, 1.807) is 0 Å². The molecule has 1 saturated heterocycles. The SMILES string of the molecule is Cc1cccc(OCCNC(=O)CC2CSCCN2)c1. The zero-order valence-corrected chi connectivity index (χ0v) is 12.7. The minimum atomic E-state index is 0.0952. The molecule has 0 aliphatic carbocycles. The van der Waals surface area contributed by atoms with Gasteiger partial charge in [0.1, 0.15) is 12.4 Å². The number of carbonyl (C=O) groups is 1. The van der Waals surface area contributed by atoms with Crippen LogP contribution in [0.25, 0.3) is 0 Å². The molecule has 1 aromatic carbocycles. The molecule has 2 rings (SSSR count). The molecule has 0 saturated carbocycles. The number of hydrogen-bond donors (Lipinski definition) is 2. The van der Waals surface area contributed by atoms with Gasteiger partial charge in [-0.25, -0.2) is 0 Å². The molecule has 1 aliphatic heterocycles. The minimum absolute atomic E-state index is 0.0952. The smallest absolute Gasteiger partial charge is 0.221 e. The summed E-state index contributed by atoms with van der Waals surface area (Å²) in [7, 11) is 0. The molecule has 1 heterocycles. The molecule has 110 valence electrons. The first-order valence-electron chi connectivity index (χ1n) is 7.01. The predicted octanol–water partition coefficient (Wildman–Crippen LogP) is 1.59. The molecule has 1 fully saturated rings. The largest absolute Gasteiger partial charge is 0.492 e. The highest BCUT2D eigenvalue weighted by Crippen LogP contribution is 2.12. The summed E-state index contributed by atoms with van der Waals surface area (Å²) >= 11 is 1.90. The third-order valence-electron chi connectivity index (χ3n) is 3.11. The van der Waals surface area contributed by atoms with Crippen LogP contribution in [0.3, 0.4) is 0 Å². The number of ether oxygens (including phenoxy) is 1. The Morgan fingerprint density at radius 1 is 1.55 bits per heavy atom. The van der Waals surface area contributed by atoms with Crippen LogP contribution in [0.4, 0.5) is 0 Å². The molecule has 4 nitrogen and oxygen atoms in total. The number of rotatable bonds is 6. The Hall–Kier alpha value is -1.20. The standard InChI is InChI=1S/C15H22N2O2S/c1-12-3-2-4-14(9-12)19-7-5-17-15(18)10-13-11-20-8-6-16-13/h2-4,9,13,16H,5-8,10-11H2,1H3,(H,17,18). The van der Waals surface area contributed by atoms with Gasteiger partial charge in [-0.15, -0.1) is 0 Å². The fourth-order valence-electron chi connectivity index (χ4n) is 2.11. The van der Waals surface area contributed by atoms with Crippen LogP contribution >= 0.6 is 11.8 Å². The van der Waals surface area contributed by atoms with Crippen molar-refractivity contribution < 1.29 is 9.53 Å². The average Bonchev–Trinajstić information content (AvgIpc) is 2.45. The van der Waals surface area contributed by atoms with E-state index in [1.807, 2.05) is 43.0 Å². The van der Waals surface area contributed by atoms with E-state index in [-0.39, 0.29) is 5.91 Å². The van der Waals surface area contributed by atoms with E-state index in [0.29, 0.717) is 25.6 Å². The van der Waals surface area contributed by atoms with Gasteiger partial charge in [0.15, 0.2) is 0 Å². The Labute approximate surface area is 124 Å². The number of benzene rings is 1. The minimum Gasteiger partial charge on any atom is -0.492 e. The van der Waals surface area contributed by atoms with E-state index in [0.717, 1.165) is 23.8 Å². The van der Waals surface area contributed by atoms with E-state index >= 15 is 0 Å². The second-order valence-electron chi connectivity index (χ2n) is 4.95. The molecule has 1 unspecified atom stereocenters. The Balaban J connectivity index is 1.59. The van der Waals surface area contributed by atoms with Gasteiger partial charge in [0.2, 0.25) is 5.91 Å². The molecule has 0 bridgehead atoms. The van der Waals surface area contributed by atoms with E-state index in [2.05, 4.69) is 10.6 Å². The van der Waals surface area contributed by atoms with Crippen molar-refractivity contribution in [2.75, 3.05) is 31.2 Å². The number of aryl methyl sites for hydroxylation is 1. The Kier molecular flexibility index (Phi) is 6.21. The van der Waals surface area contributed by atoms with Gasteiger partial charge in [-0.2, -0.15) is 11.8 Å². The van der Waals surface area contributed by atoms with Crippen molar-refractivity contribution in [1.82, 2.24) is 10.6 Å². The van der Waals surface area contributed by atoms with Gasteiger partial charge in [-0.3, -0.25) is 4.79 Å². The molecular formula is C15H22N2O2S. The third kappa shape index (κ3) is 5.43. The molecule has 0 aromatic heterocycles. The molecule has 0 spiro atoms. The first kappa shape index (κ1) is 15.2. The van der Waals surface area contributed by atoms with Gasteiger partial charge in [0.05, 0.1) is 6.54 Å². The summed E-state index contributed by atoms with van der Waals surface area (Å²) in [6.07, 6.45) is 0.553. The lowest BCUT2D eigenvalue weighted by molar-refractivity contribution is -0.121. The topological polar surface area (TPSA) is 50.4 Å². The van der Waals surface area contributed by atoms with Crippen LogP contribution in [-0.2, 0) is 4.79 Å². The Morgan fingerprint density at radius 2 is 2.45 bits per heavy atom. The van der Waals surface area contributed by atoms with Gasteiger partial charge in [0, 0.05) is 30.5 Å². The van der Waals surface area contributed by atoms with Crippen molar-refractivity contribution in [2.24, 2.45) is 0 Å². The highest BCUT2D eigenvalue weighted by molar-refractivity contribution is 7.99. The summed E-state index contributed by atoms with van der Waals surface area (Å²) in [5.41, 5.74) is 1.17. The normalized spacial score (nSPS) is 18.6. The number of thioether (sulfide) groups is 1. The first-order valence-corrected chi connectivity index (χ1v) is 8.17. The summed E-state index contributed by atoms with van der Waals surface area (Å²) in [6.45, 7) is 4.08. The summed E-state index contributed by atoms with van der Waals surface area (Å²) in [4.78, 5) is 11.8. The van der Waals surface area contributed by atoms with Gasteiger partial charge >= 0.3 is 0 Å². The zero-order chi connectivity index (χ0) is 14.2. The van der Waals surface area contributed by atoms with Crippen LogP contribution in [0.2, 0.25) is 0 Å². The number of hydrogen-bond acceptors (Lipinski definition) is 4. The van der Waals surface area contributed by atoms with Crippen molar-refractivity contribution >= 4 is 17.7 Å². The summed E-state index contributed by atoms with van der Waals surface area (Å²) in [5.74, 6) is 3.11. The van der Waals surface area contributed by atoms with Crippen LogP contribution in [0.5, 0.6) is 5.75 Å². The second kappa shape index (κ2) is 8.17. The Morgan fingerprint density at radius 3 is 3.20 bits per heavy atom. The maximum atomic E-state index is 11.8. The highest BCUT2D eigenvalue weighted by atomic mass is 32.2. The highest BCUT2D eigenvalue weighted by Gasteiger charge is 2.16. The Bertz CT molecular complexity index is 434. The molecular weight excluding hydrogens is 272 g/mol. The molecule has 1 aromatic rings. The van der Waals surface area contributed by atoms with Gasteiger partial charge in [0.25, 0.3) is 0 Å². The lowest BCUT2D eigenvalue weighted by Gasteiger charge is -2.22. The van der Waals surface area contributed by atoms with Crippen molar-refractivity contribution in [3.8, 4) is 5.75 Å². The van der Waals surface area contributed by atoms with E-state index in [4.69, 9.17) is 4.74 Å². The summed E-state index contributed by atoms with van der Waals surface area (Å²) in [6, 6.07) is 8.23. The third-order valence-corrected chi connectivity index (χ3v) is 4.24. The molecule has 1 aliphatic rings. The molecule has 2 N–H and O–H groups in total.